The summed E-state index contributed by atoms with van der Waals surface area (Å²) in [4.78, 5) is 39.2. The number of piperidine rings is 1. The highest BCUT2D eigenvalue weighted by Gasteiger charge is 2.28. The Morgan fingerprint density at radius 3 is 2.34 bits per heavy atom. The van der Waals surface area contributed by atoms with Gasteiger partial charge in [-0.2, -0.15) is 0 Å². The van der Waals surface area contributed by atoms with Gasteiger partial charge in [-0.3, -0.25) is 14.4 Å². The maximum absolute atomic E-state index is 13.0. The third kappa shape index (κ3) is 6.69. The fraction of sp³-hybridized carbons (Fsp3) is 0.320. The summed E-state index contributed by atoms with van der Waals surface area (Å²) in [5.41, 5.74) is 2.57. The second kappa shape index (κ2) is 11.2. The molecular formula is C25H26FN5O3S. The highest BCUT2D eigenvalue weighted by atomic mass is 32.1. The van der Waals surface area contributed by atoms with Crippen molar-refractivity contribution in [1.82, 2.24) is 20.4 Å². The van der Waals surface area contributed by atoms with Crippen LogP contribution in [-0.2, 0) is 11.3 Å². The molecule has 0 spiro atoms. The minimum Gasteiger partial charge on any atom is -0.352 e. The van der Waals surface area contributed by atoms with Gasteiger partial charge in [-0.1, -0.05) is 41.2 Å². The van der Waals surface area contributed by atoms with Crippen LogP contribution < -0.4 is 10.6 Å². The molecular weight excluding hydrogens is 469 g/mol. The molecule has 182 valence electrons. The SMILES string of the molecule is Cc1ccc(NC(=O)c2nnc(C(=O)N3CCC(CC(=O)NCc4ccc(F)cc4)CC3)s2)cc1. The van der Waals surface area contributed by atoms with Gasteiger partial charge in [-0.05, 0) is 55.5 Å². The van der Waals surface area contributed by atoms with Gasteiger partial charge in [0.05, 0.1) is 0 Å². The van der Waals surface area contributed by atoms with Crippen molar-refractivity contribution in [2.45, 2.75) is 32.7 Å². The molecule has 2 heterocycles. The molecule has 2 N–H and O–H groups in total. The molecule has 1 aromatic heterocycles. The van der Waals surface area contributed by atoms with Crippen molar-refractivity contribution in [2.24, 2.45) is 5.92 Å². The number of amides is 3. The first kappa shape index (κ1) is 24.5. The van der Waals surface area contributed by atoms with Crippen LogP contribution >= 0.6 is 11.3 Å². The second-order valence-corrected chi connectivity index (χ2v) is 9.55. The molecule has 1 aliphatic rings. The molecule has 0 unspecified atom stereocenters. The first-order valence-electron chi connectivity index (χ1n) is 11.4. The molecule has 1 aliphatic heterocycles. The van der Waals surface area contributed by atoms with E-state index in [1.807, 2.05) is 19.1 Å². The third-order valence-electron chi connectivity index (χ3n) is 5.89. The minimum absolute atomic E-state index is 0.0625. The number of likely N-dealkylation sites (tertiary alicyclic amines) is 1. The molecule has 0 radical (unpaired) electrons. The van der Waals surface area contributed by atoms with Crippen LogP contribution in [0, 0.1) is 18.7 Å². The van der Waals surface area contributed by atoms with Gasteiger partial charge in [0.2, 0.25) is 15.9 Å². The van der Waals surface area contributed by atoms with Gasteiger partial charge in [0.1, 0.15) is 5.82 Å². The Hall–Kier alpha value is -3.66. The second-order valence-electron chi connectivity index (χ2n) is 8.58. The van der Waals surface area contributed by atoms with Crippen molar-refractivity contribution >= 4 is 34.7 Å². The van der Waals surface area contributed by atoms with Gasteiger partial charge >= 0.3 is 0 Å². The summed E-state index contributed by atoms with van der Waals surface area (Å²) in [6.45, 7) is 3.34. The Bertz CT molecular complexity index is 1190. The van der Waals surface area contributed by atoms with Gasteiger partial charge in [-0.25, -0.2) is 4.39 Å². The smallest absolute Gasteiger partial charge is 0.286 e. The molecule has 4 rings (SSSR count). The number of hydrogen-bond donors (Lipinski definition) is 2. The quantitative estimate of drug-likeness (QED) is 0.519. The zero-order valence-corrected chi connectivity index (χ0v) is 20.1. The number of halogens is 1. The van der Waals surface area contributed by atoms with Crippen LogP contribution in [0.2, 0.25) is 0 Å². The highest BCUT2D eigenvalue weighted by Crippen LogP contribution is 2.23. The van der Waals surface area contributed by atoms with E-state index in [1.165, 1.54) is 12.1 Å². The van der Waals surface area contributed by atoms with E-state index in [0.717, 1.165) is 22.5 Å². The largest absolute Gasteiger partial charge is 0.352 e. The van der Waals surface area contributed by atoms with Gasteiger partial charge in [0, 0.05) is 31.7 Å². The molecule has 8 nitrogen and oxygen atoms in total. The fourth-order valence-corrected chi connectivity index (χ4v) is 4.54. The normalized spacial score (nSPS) is 13.9. The molecule has 3 aromatic rings. The van der Waals surface area contributed by atoms with Gasteiger partial charge in [-0.15, -0.1) is 10.2 Å². The highest BCUT2D eigenvalue weighted by molar-refractivity contribution is 7.15. The Kier molecular flexibility index (Phi) is 7.81. The van der Waals surface area contributed by atoms with E-state index in [9.17, 15) is 18.8 Å². The number of hydrogen-bond acceptors (Lipinski definition) is 6. The van der Waals surface area contributed by atoms with E-state index < -0.39 is 5.91 Å². The Labute approximate surface area is 206 Å². The third-order valence-corrected chi connectivity index (χ3v) is 6.80. The molecule has 3 amide bonds. The topological polar surface area (TPSA) is 104 Å². The van der Waals surface area contributed by atoms with Crippen molar-refractivity contribution < 1.29 is 18.8 Å². The first-order valence-corrected chi connectivity index (χ1v) is 12.2. The zero-order valence-electron chi connectivity index (χ0n) is 19.3. The summed E-state index contributed by atoms with van der Waals surface area (Å²) in [5.74, 6) is -0.853. The summed E-state index contributed by atoms with van der Waals surface area (Å²) in [5, 5.41) is 13.7. The zero-order chi connectivity index (χ0) is 24.8. The van der Waals surface area contributed by atoms with Crippen molar-refractivity contribution in [3.8, 4) is 0 Å². The predicted molar refractivity (Wildman–Crippen MR) is 131 cm³/mol. The monoisotopic (exact) mass is 495 g/mol. The van der Waals surface area contributed by atoms with Crippen LogP contribution in [0.1, 0.15) is 50.0 Å². The van der Waals surface area contributed by atoms with Gasteiger partial charge in [0.25, 0.3) is 11.8 Å². The summed E-state index contributed by atoms with van der Waals surface area (Å²) >= 11 is 0.969. The lowest BCUT2D eigenvalue weighted by Crippen LogP contribution is -2.39. The van der Waals surface area contributed by atoms with E-state index in [2.05, 4.69) is 20.8 Å². The predicted octanol–water partition coefficient (Wildman–Crippen LogP) is 3.80. The number of carbonyl (C=O) groups excluding carboxylic acids is 3. The molecule has 2 aromatic carbocycles. The van der Waals surface area contributed by atoms with Crippen molar-refractivity contribution in [3.63, 3.8) is 0 Å². The lowest BCUT2D eigenvalue weighted by atomic mass is 9.93. The maximum atomic E-state index is 13.0. The number of nitrogens with one attached hydrogen (secondary N) is 2. The van der Waals surface area contributed by atoms with E-state index in [-0.39, 0.29) is 33.6 Å². The van der Waals surface area contributed by atoms with E-state index >= 15 is 0 Å². The van der Waals surface area contributed by atoms with Crippen LogP contribution in [0.4, 0.5) is 10.1 Å². The van der Waals surface area contributed by atoms with E-state index in [1.54, 1.807) is 29.2 Å². The van der Waals surface area contributed by atoms with Crippen LogP contribution in [0.5, 0.6) is 0 Å². The van der Waals surface area contributed by atoms with E-state index in [0.29, 0.717) is 44.6 Å². The Morgan fingerprint density at radius 1 is 1.00 bits per heavy atom. The summed E-state index contributed by atoms with van der Waals surface area (Å²) in [6, 6.07) is 13.4. The Balaban J connectivity index is 1.22. The minimum atomic E-state index is -0.407. The molecule has 10 heteroatoms. The van der Waals surface area contributed by atoms with Crippen molar-refractivity contribution in [3.05, 3.63) is 75.5 Å². The average Bonchev–Trinajstić information content (AvgIpc) is 3.36. The van der Waals surface area contributed by atoms with Crippen molar-refractivity contribution in [1.29, 1.82) is 0 Å². The molecule has 0 bridgehead atoms. The van der Waals surface area contributed by atoms with Crippen LogP contribution in [0.3, 0.4) is 0 Å². The molecule has 1 fully saturated rings. The van der Waals surface area contributed by atoms with E-state index in [4.69, 9.17) is 0 Å². The first-order chi connectivity index (χ1) is 16.9. The number of aryl methyl sites for hydroxylation is 1. The number of aromatic nitrogens is 2. The standard InChI is InChI=1S/C25H26FN5O3S/c1-16-2-8-20(9-3-16)28-22(33)23-29-30-24(35-23)25(34)31-12-10-17(11-13-31)14-21(32)27-15-18-4-6-19(26)7-5-18/h2-9,17H,10-15H2,1H3,(H,27,32)(H,28,33). The maximum Gasteiger partial charge on any atom is 0.286 e. The number of nitrogens with zero attached hydrogens (tertiary/aromatic N) is 3. The number of anilines is 1. The molecule has 0 saturated carbocycles. The summed E-state index contributed by atoms with van der Waals surface area (Å²) in [7, 11) is 0. The number of benzene rings is 2. The van der Waals surface area contributed by atoms with Crippen LogP contribution in [-0.4, -0.2) is 45.9 Å². The average molecular weight is 496 g/mol. The summed E-state index contributed by atoms with van der Waals surface area (Å²) < 4.78 is 13.0. The molecule has 0 atom stereocenters. The Morgan fingerprint density at radius 2 is 1.66 bits per heavy atom. The van der Waals surface area contributed by atoms with Gasteiger partial charge in [0.15, 0.2) is 0 Å². The molecule has 35 heavy (non-hydrogen) atoms. The molecule has 1 saturated heterocycles. The lowest BCUT2D eigenvalue weighted by molar-refractivity contribution is -0.122. The fourth-order valence-electron chi connectivity index (χ4n) is 3.84. The number of rotatable bonds is 7. The van der Waals surface area contributed by atoms with Gasteiger partial charge < -0.3 is 15.5 Å². The lowest BCUT2D eigenvalue weighted by Gasteiger charge is -2.31. The molecule has 0 aliphatic carbocycles. The van der Waals surface area contributed by atoms with Crippen LogP contribution in [0.25, 0.3) is 0 Å². The summed E-state index contributed by atoms with van der Waals surface area (Å²) in [6.07, 6.45) is 1.79. The van der Waals surface area contributed by atoms with Crippen LogP contribution in [0.15, 0.2) is 48.5 Å². The number of carbonyl (C=O) groups is 3. The van der Waals surface area contributed by atoms with Crippen molar-refractivity contribution in [2.75, 3.05) is 18.4 Å².